The number of amides is 2. The molecule has 1 aromatic heterocycles. The number of hydrogen-bond donors (Lipinski definition) is 1. The fraction of sp³-hybridized carbons (Fsp3) is 0.300. The summed E-state index contributed by atoms with van der Waals surface area (Å²) in [5.74, 6) is -0.217. The number of rotatable bonds is 8. The zero-order valence-electron chi connectivity index (χ0n) is 20.9. The largest absolute Gasteiger partial charge is 0.469 e. The normalized spacial score (nSPS) is 17.1. The van der Waals surface area contributed by atoms with Crippen molar-refractivity contribution in [3.8, 4) is 0 Å². The van der Waals surface area contributed by atoms with Crippen LogP contribution in [0.5, 0.6) is 0 Å². The lowest BCUT2D eigenvalue weighted by atomic mass is 9.88. The zero-order chi connectivity index (χ0) is 25.6. The smallest absolute Gasteiger partial charge is 0.323 e. The molecule has 4 aromatic rings. The number of urea groups is 1. The van der Waals surface area contributed by atoms with E-state index in [0.717, 1.165) is 29.5 Å². The topological polar surface area (TPSA) is 71.5 Å². The standard InChI is InChI=1S/C30H31N3O3S/c1-36-28(34)23-16-17-24(20-23)33(30(35)32-29-31-26-14-8-9-15-27(26)37-29)19-18-25(21-10-4-2-5-11-21)22-12-6-3-7-13-22/h2-15,23-25H,16-20H2,1H3,(H,31,32,35)/t23-,24?/m0/s1. The van der Waals surface area contributed by atoms with Gasteiger partial charge in [0.25, 0.3) is 0 Å². The van der Waals surface area contributed by atoms with Crippen LogP contribution >= 0.6 is 11.3 Å². The van der Waals surface area contributed by atoms with Crippen molar-refractivity contribution in [3.05, 3.63) is 96.1 Å². The number of aromatic nitrogens is 1. The molecule has 6 nitrogen and oxygen atoms in total. The van der Waals surface area contributed by atoms with E-state index < -0.39 is 0 Å². The van der Waals surface area contributed by atoms with Gasteiger partial charge in [-0.2, -0.15) is 0 Å². The summed E-state index contributed by atoms with van der Waals surface area (Å²) in [6, 6.07) is 28.5. The molecule has 1 aliphatic carbocycles. The van der Waals surface area contributed by atoms with Crippen LogP contribution in [0.15, 0.2) is 84.9 Å². The molecule has 1 unspecified atom stereocenters. The molecule has 0 aliphatic heterocycles. The Labute approximate surface area is 221 Å². The van der Waals surface area contributed by atoms with E-state index in [2.05, 4.69) is 58.8 Å². The van der Waals surface area contributed by atoms with Crippen molar-refractivity contribution in [2.45, 2.75) is 37.6 Å². The number of hydrogen-bond acceptors (Lipinski definition) is 5. The summed E-state index contributed by atoms with van der Waals surface area (Å²) in [6.07, 6.45) is 2.87. The molecule has 1 heterocycles. The van der Waals surface area contributed by atoms with E-state index in [9.17, 15) is 9.59 Å². The van der Waals surface area contributed by atoms with Gasteiger partial charge in [-0.1, -0.05) is 84.1 Å². The number of anilines is 1. The minimum Gasteiger partial charge on any atom is -0.469 e. The molecule has 7 heteroatoms. The van der Waals surface area contributed by atoms with Crippen molar-refractivity contribution in [1.29, 1.82) is 0 Å². The molecule has 37 heavy (non-hydrogen) atoms. The molecule has 5 rings (SSSR count). The summed E-state index contributed by atoms with van der Waals surface area (Å²) < 4.78 is 6.03. The number of methoxy groups -OCH3 is 1. The number of benzene rings is 3. The number of carbonyl (C=O) groups is 2. The quantitative estimate of drug-likeness (QED) is 0.266. The van der Waals surface area contributed by atoms with Gasteiger partial charge in [0.15, 0.2) is 5.13 Å². The molecule has 1 N–H and O–H groups in total. The average Bonchev–Trinajstić information content (AvgIpc) is 3.59. The van der Waals surface area contributed by atoms with Gasteiger partial charge in [-0.05, 0) is 48.9 Å². The van der Waals surface area contributed by atoms with Crippen LogP contribution in [0, 0.1) is 5.92 Å². The minimum absolute atomic E-state index is 0.0364. The first kappa shape index (κ1) is 25.0. The number of carbonyl (C=O) groups excluding carboxylic acids is 2. The molecule has 190 valence electrons. The van der Waals surface area contributed by atoms with Gasteiger partial charge >= 0.3 is 12.0 Å². The molecular weight excluding hydrogens is 482 g/mol. The lowest BCUT2D eigenvalue weighted by molar-refractivity contribution is -0.145. The summed E-state index contributed by atoms with van der Waals surface area (Å²) in [6.45, 7) is 0.559. The van der Waals surface area contributed by atoms with E-state index in [1.165, 1.54) is 29.6 Å². The lowest BCUT2D eigenvalue weighted by Gasteiger charge is -2.31. The van der Waals surface area contributed by atoms with Gasteiger partial charge in [-0.15, -0.1) is 0 Å². The average molecular weight is 514 g/mol. The number of para-hydroxylation sites is 1. The molecule has 1 saturated carbocycles. The van der Waals surface area contributed by atoms with Gasteiger partial charge in [0, 0.05) is 18.5 Å². The van der Waals surface area contributed by atoms with Gasteiger partial charge in [0.2, 0.25) is 0 Å². The van der Waals surface area contributed by atoms with Crippen molar-refractivity contribution in [3.63, 3.8) is 0 Å². The first-order chi connectivity index (χ1) is 18.1. The Morgan fingerprint density at radius 3 is 2.27 bits per heavy atom. The van der Waals surface area contributed by atoms with Crippen molar-refractivity contribution in [2.75, 3.05) is 19.0 Å². The minimum atomic E-state index is -0.194. The maximum atomic E-state index is 13.7. The van der Waals surface area contributed by atoms with Crippen molar-refractivity contribution >= 4 is 38.7 Å². The van der Waals surface area contributed by atoms with Crippen LogP contribution in [0.1, 0.15) is 42.7 Å². The van der Waals surface area contributed by atoms with E-state index >= 15 is 0 Å². The van der Waals surface area contributed by atoms with Crippen molar-refractivity contribution in [2.24, 2.45) is 5.92 Å². The van der Waals surface area contributed by atoms with Gasteiger partial charge in [-0.25, -0.2) is 9.78 Å². The van der Waals surface area contributed by atoms with Crippen LogP contribution in [0.2, 0.25) is 0 Å². The van der Waals surface area contributed by atoms with Gasteiger partial charge in [-0.3, -0.25) is 10.1 Å². The lowest BCUT2D eigenvalue weighted by Crippen LogP contribution is -2.43. The van der Waals surface area contributed by atoms with Crippen LogP contribution in [-0.4, -0.2) is 41.6 Å². The third-order valence-corrected chi connectivity index (χ3v) is 8.16. The Balaban J connectivity index is 1.38. The zero-order valence-corrected chi connectivity index (χ0v) is 21.7. The Bertz CT molecular complexity index is 1270. The summed E-state index contributed by atoms with van der Waals surface area (Å²) >= 11 is 1.47. The predicted molar refractivity (Wildman–Crippen MR) is 148 cm³/mol. The van der Waals surface area contributed by atoms with Gasteiger partial charge in [0.05, 0.1) is 23.2 Å². The van der Waals surface area contributed by atoms with Crippen molar-refractivity contribution in [1.82, 2.24) is 9.88 Å². The number of nitrogens with one attached hydrogen (secondary N) is 1. The van der Waals surface area contributed by atoms with Gasteiger partial charge in [0.1, 0.15) is 0 Å². The Morgan fingerprint density at radius 2 is 1.62 bits per heavy atom. The molecule has 0 spiro atoms. The third-order valence-electron chi connectivity index (χ3n) is 7.21. The van der Waals surface area contributed by atoms with Crippen molar-refractivity contribution < 1.29 is 14.3 Å². The highest BCUT2D eigenvalue weighted by Crippen LogP contribution is 2.34. The number of esters is 1. The van der Waals surface area contributed by atoms with Crippen LogP contribution in [-0.2, 0) is 9.53 Å². The fourth-order valence-corrected chi connectivity index (χ4v) is 6.18. The summed E-state index contributed by atoms with van der Waals surface area (Å²) in [5, 5.41) is 3.63. The van der Waals surface area contributed by atoms with E-state index in [1.807, 2.05) is 41.3 Å². The molecular formula is C30H31N3O3S. The Hall–Kier alpha value is -3.71. The summed E-state index contributed by atoms with van der Waals surface area (Å²) in [5.41, 5.74) is 3.31. The predicted octanol–water partition coefficient (Wildman–Crippen LogP) is 6.69. The molecule has 0 radical (unpaired) electrons. The molecule has 0 saturated heterocycles. The second kappa shape index (κ2) is 11.6. The second-order valence-corrected chi connectivity index (χ2v) is 10.5. The van der Waals surface area contributed by atoms with E-state index in [1.54, 1.807) is 0 Å². The monoisotopic (exact) mass is 513 g/mol. The van der Waals surface area contributed by atoms with Crippen LogP contribution in [0.3, 0.4) is 0 Å². The van der Waals surface area contributed by atoms with E-state index in [0.29, 0.717) is 18.1 Å². The molecule has 1 fully saturated rings. The van der Waals surface area contributed by atoms with Crippen LogP contribution < -0.4 is 5.32 Å². The number of nitrogens with zero attached hydrogens (tertiary/aromatic N) is 2. The molecule has 1 aliphatic rings. The fourth-order valence-electron chi connectivity index (χ4n) is 5.33. The summed E-state index contributed by atoms with van der Waals surface area (Å²) in [7, 11) is 1.43. The maximum absolute atomic E-state index is 13.7. The molecule has 0 bridgehead atoms. The maximum Gasteiger partial charge on any atom is 0.323 e. The Kier molecular flexibility index (Phi) is 7.80. The number of thiazole rings is 1. The first-order valence-electron chi connectivity index (χ1n) is 12.7. The first-order valence-corrected chi connectivity index (χ1v) is 13.5. The van der Waals surface area contributed by atoms with Crippen LogP contribution in [0.4, 0.5) is 9.93 Å². The molecule has 2 atom stereocenters. The molecule has 3 aromatic carbocycles. The highest BCUT2D eigenvalue weighted by molar-refractivity contribution is 7.22. The van der Waals surface area contributed by atoms with E-state index in [4.69, 9.17) is 4.74 Å². The number of ether oxygens (including phenoxy) is 1. The summed E-state index contributed by atoms with van der Waals surface area (Å²) in [4.78, 5) is 32.4. The molecule has 2 amide bonds. The van der Waals surface area contributed by atoms with E-state index in [-0.39, 0.29) is 29.9 Å². The van der Waals surface area contributed by atoms with Gasteiger partial charge < -0.3 is 9.64 Å². The number of fused-ring (bicyclic) bond motifs is 1. The highest BCUT2D eigenvalue weighted by Gasteiger charge is 2.36. The third kappa shape index (κ3) is 5.83. The second-order valence-electron chi connectivity index (χ2n) is 9.46. The Morgan fingerprint density at radius 1 is 0.973 bits per heavy atom. The van der Waals surface area contributed by atoms with Crippen LogP contribution in [0.25, 0.3) is 10.2 Å². The highest BCUT2D eigenvalue weighted by atomic mass is 32.1. The SMILES string of the molecule is COC(=O)[C@H]1CCC(N(CCC(c2ccccc2)c2ccccc2)C(=O)Nc2nc3ccccc3s2)C1.